The summed E-state index contributed by atoms with van der Waals surface area (Å²) in [4.78, 5) is 0. The molecule has 2 heteroatoms. The van der Waals surface area contributed by atoms with E-state index in [1.54, 1.807) is 0 Å². The molecule has 0 radical (unpaired) electrons. The van der Waals surface area contributed by atoms with Gasteiger partial charge < -0.3 is 0 Å². The number of hydrogen-bond acceptors (Lipinski definition) is 1. The van der Waals surface area contributed by atoms with E-state index in [1.807, 2.05) is 0 Å². The van der Waals surface area contributed by atoms with Crippen molar-refractivity contribution < 1.29 is 0 Å². The molecular formula is C16H13NSe. The summed E-state index contributed by atoms with van der Waals surface area (Å²) in [6.07, 6.45) is 0. The fourth-order valence-electron chi connectivity index (χ4n) is 2.00. The van der Waals surface area contributed by atoms with Crippen molar-refractivity contribution in [3.63, 3.8) is 0 Å². The van der Waals surface area contributed by atoms with Crippen LogP contribution in [-0.4, -0.2) is 18.7 Å². The van der Waals surface area contributed by atoms with Gasteiger partial charge in [-0.25, -0.2) is 0 Å². The summed E-state index contributed by atoms with van der Waals surface area (Å²) in [6, 6.07) is 21.2. The molecule has 0 aliphatic carbocycles. The molecular weight excluding hydrogens is 285 g/mol. The molecule has 1 nitrogen and oxygen atoms in total. The first-order valence-electron chi connectivity index (χ1n) is 5.93. The third-order valence-electron chi connectivity index (χ3n) is 2.99. The Balaban J connectivity index is 2.03. The van der Waals surface area contributed by atoms with Gasteiger partial charge in [0.2, 0.25) is 0 Å². The molecule has 2 aromatic carbocycles. The number of aryl methyl sites for hydroxylation is 1. The van der Waals surface area contributed by atoms with Crippen LogP contribution in [0.3, 0.4) is 0 Å². The van der Waals surface area contributed by atoms with Gasteiger partial charge in [0.05, 0.1) is 0 Å². The molecule has 0 bridgehead atoms. The van der Waals surface area contributed by atoms with Gasteiger partial charge in [0.25, 0.3) is 0 Å². The third kappa shape index (κ3) is 2.17. The molecule has 18 heavy (non-hydrogen) atoms. The molecule has 0 spiro atoms. The third-order valence-corrected chi connectivity index (χ3v) is 4.75. The number of hydrogen-bond donors (Lipinski definition) is 0. The molecule has 3 aromatic rings. The van der Waals surface area contributed by atoms with Crippen molar-refractivity contribution >= 4 is 14.7 Å². The van der Waals surface area contributed by atoms with Gasteiger partial charge in [-0.3, -0.25) is 0 Å². The monoisotopic (exact) mass is 299 g/mol. The second kappa shape index (κ2) is 4.93. The molecule has 0 fully saturated rings. The zero-order valence-electron chi connectivity index (χ0n) is 10.1. The summed E-state index contributed by atoms with van der Waals surface area (Å²) in [6.45, 7) is 2.14. The number of aromatic nitrogens is 1. The van der Waals surface area contributed by atoms with Crippen molar-refractivity contribution in [1.82, 2.24) is 3.98 Å². The fourth-order valence-corrected chi connectivity index (χ4v) is 3.58. The van der Waals surface area contributed by atoms with E-state index < -0.39 is 0 Å². The van der Waals surface area contributed by atoms with Gasteiger partial charge in [0.15, 0.2) is 0 Å². The molecule has 0 N–H and O–H groups in total. The zero-order chi connectivity index (χ0) is 12.4. The van der Waals surface area contributed by atoms with Crippen molar-refractivity contribution in [2.45, 2.75) is 6.92 Å². The normalized spacial score (nSPS) is 10.5. The summed E-state index contributed by atoms with van der Waals surface area (Å²) in [5.74, 6) is 0. The van der Waals surface area contributed by atoms with E-state index >= 15 is 0 Å². The van der Waals surface area contributed by atoms with Crippen LogP contribution in [0, 0.1) is 6.92 Å². The molecule has 1 heterocycles. The summed E-state index contributed by atoms with van der Waals surface area (Å²) in [5.41, 5.74) is 4.97. The molecule has 0 saturated heterocycles. The van der Waals surface area contributed by atoms with E-state index in [1.165, 1.54) is 21.1 Å². The van der Waals surface area contributed by atoms with Crippen LogP contribution >= 0.6 is 0 Å². The van der Waals surface area contributed by atoms with E-state index in [0.29, 0.717) is 0 Å². The van der Waals surface area contributed by atoms with Crippen LogP contribution in [0.15, 0.2) is 60.7 Å². The SMILES string of the molecule is Cc1ccccc1-c1cc(-c2ccccc2)[se]n1. The van der Waals surface area contributed by atoms with E-state index in [-0.39, 0.29) is 14.7 Å². The van der Waals surface area contributed by atoms with Gasteiger partial charge in [-0.15, -0.1) is 0 Å². The minimum absolute atomic E-state index is 0.207. The average molecular weight is 298 g/mol. The number of rotatable bonds is 2. The molecule has 0 unspecified atom stereocenters. The first-order chi connectivity index (χ1) is 8.84. The summed E-state index contributed by atoms with van der Waals surface area (Å²) in [5, 5.41) is 0. The molecule has 0 aliphatic heterocycles. The van der Waals surface area contributed by atoms with E-state index in [9.17, 15) is 0 Å². The Morgan fingerprint density at radius 1 is 0.889 bits per heavy atom. The van der Waals surface area contributed by atoms with Crippen LogP contribution in [0.4, 0.5) is 0 Å². The topological polar surface area (TPSA) is 12.9 Å². The first kappa shape index (κ1) is 11.5. The Labute approximate surface area is 113 Å². The second-order valence-corrected chi connectivity index (χ2v) is 5.95. The first-order valence-corrected chi connectivity index (χ1v) is 7.55. The molecule has 0 amide bonds. The van der Waals surface area contributed by atoms with Crippen molar-refractivity contribution in [2.24, 2.45) is 0 Å². The average Bonchev–Trinajstić information content (AvgIpc) is 2.90. The quantitative estimate of drug-likeness (QED) is 0.656. The van der Waals surface area contributed by atoms with Crippen LogP contribution in [0.1, 0.15) is 5.56 Å². The summed E-state index contributed by atoms with van der Waals surface area (Å²) < 4.78 is 6.07. The predicted octanol–water partition coefficient (Wildman–Crippen LogP) is 3.78. The van der Waals surface area contributed by atoms with Gasteiger partial charge in [-0.05, 0) is 0 Å². The van der Waals surface area contributed by atoms with Gasteiger partial charge >= 0.3 is 113 Å². The summed E-state index contributed by atoms with van der Waals surface area (Å²) >= 11 is 0.207. The van der Waals surface area contributed by atoms with Crippen LogP contribution in [0.5, 0.6) is 0 Å². The Bertz CT molecular complexity index is 656. The van der Waals surface area contributed by atoms with Crippen molar-refractivity contribution in [2.75, 3.05) is 0 Å². The zero-order valence-corrected chi connectivity index (χ0v) is 11.8. The Morgan fingerprint density at radius 3 is 2.39 bits per heavy atom. The molecule has 0 atom stereocenters. The van der Waals surface area contributed by atoms with Crippen LogP contribution < -0.4 is 0 Å². The number of benzene rings is 2. The molecule has 0 saturated carbocycles. The van der Waals surface area contributed by atoms with Gasteiger partial charge in [0.1, 0.15) is 0 Å². The van der Waals surface area contributed by atoms with Gasteiger partial charge in [0, 0.05) is 0 Å². The Morgan fingerprint density at radius 2 is 1.61 bits per heavy atom. The molecule has 88 valence electrons. The van der Waals surface area contributed by atoms with Crippen molar-refractivity contribution in [1.29, 1.82) is 0 Å². The van der Waals surface area contributed by atoms with Crippen LogP contribution in [0.2, 0.25) is 0 Å². The summed E-state index contributed by atoms with van der Waals surface area (Å²) in [7, 11) is 0. The predicted molar refractivity (Wildman–Crippen MR) is 76.8 cm³/mol. The van der Waals surface area contributed by atoms with Crippen LogP contribution in [0.25, 0.3) is 21.3 Å². The van der Waals surface area contributed by atoms with E-state index in [2.05, 4.69) is 67.6 Å². The van der Waals surface area contributed by atoms with E-state index in [0.717, 1.165) is 5.69 Å². The van der Waals surface area contributed by atoms with Gasteiger partial charge in [-0.1, -0.05) is 0 Å². The molecule has 3 rings (SSSR count). The molecule has 0 aliphatic rings. The fraction of sp³-hybridized carbons (Fsp3) is 0.0625. The van der Waals surface area contributed by atoms with Crippen LogP contribution in [-0.2, 0) is 0 Å². The van der Waals surface area contributed by atoms with Crippen molar-refractivity contribution in [3.8, 4) is 21.3 Å². The second-order valence-electron chi connectivity index (χ2n) is 4.26. The number of nitrogens with zero attached hydrogens (tertiary/aromatic N) is 1. The van der Waals surface area contributed by atoms with E-state index in [4.69, 9.17) is 3.98 Å². The molecule has 1 aromatic heterocycles. The minimum atomic E-state index is 0.207. The van der Waals surface area contributed by atoms with Gasteiger partial charge in [-0.2, -0.15) is 0 Å². The standard InChI is InChI=1S/C16H13NSe/c1-12-7-5-6-10-14(12)15-11-16(18-17-15)13-8-3-2-4-9-13/h2-11H,1H3. The van der Waals surface area contributed by atoms with Crippen molar-refractivity contribution in [3.05, 3.63) is 66.2 Å². The Kier molecular flexibility index (Phi) is 3.14. The maximum atomic E-state index is 4.71. The maximum absolute atomic E-state index is 4.71. The Hall–Kier alpha value is -1.63.